The van der Waals surface area contributed by atoms with Gasteiger partial charge in [0.2, 0.25) is 5.91 Å². The summed E-state index contributed by atoms with van der Waals surface area (Å²) in [7, 11) is 1.66. The third-order valence-electron chi connectivity index (χ3n) is 4.81. The third kappa shape index (κ3) is 3.90. The van der Waals surface area contributed by atoms with E-state index in [1.165, 1.54) is 6.33 Å². The number of ether oxygens (including phenoxy) is 2. The predicted molar refractivity (Wildman–Crippen MR) is 98.2 cm³/mol. The Morgan fingerprint density at radius 1 is 1.26 bits per heavy atom. The van der Waals surface area contributed by atoms with Gasteiger partial charge in [-0.3, -0.25) is 4.79 Å². The number of tetrazole rings is 1. The van der Waals surface area contributed by atoms with Gasteiger partial charge in [-0.15, -0.1) is 5.10 Å². The van der Waals surface area contributed by atoms with Gasteiger partial charge in [0, 0.05) is 13.0 Å². The highest BCUT2D eigenvalue weighted by Gasteiger charge is 2.25. The van der Waals surface area contributed by atoms with Crippen LogP contribution in [0.15, 0.2) is 42.7 Å². The van der Waals surface area contributed by atoms with Gasteiger partial charge >= 0.3 is 0 Å². The zero-order chi connectivity index (χ0) is 18.6. The van der Waals surface area contributed by atoms with Gasteiger partial charge in [-0.25, -0.2) is 4.68 Å². The van der Waals surface area contributed by atoms with E-state index >= 15 is 0 Å². The molecular weight excluding hydrogens is 346 g/mol. The van der Waals surface area contributed by atoms with Crippen molar-refractivity contribution in [1.82, 2.24) is 25.1 Å². The monoisotopic (exact) mass is 367 g/mol. The minimum absolute atomic E-state index is 0.0873. The summed E-state index contributed by atoms with van der Waals surface area (Å²) in [5.74, 6) is 0.924. The largest absolute Gasteiger partial charge is 0.497 e. The molecule has 1 amide bonds. The van der Waals surface area contributed by atoms with Crippen LogP contribution < -0.4 is 4.74 Å². The maximum atomic E-state index is 12.5. The molecule has 2 heterocycles. The summed E-state index contributed by atoms with van der Waals surface area (Å²) >= 11 is 0. The van der Waals surface area contributed by atoms with E-state index in [4.69, 9.17) is 9.47 Å². The molecule has 8 heteroatoms. The fourth-order valence-electron chi connectivity index (χ4n) is 3.30. The van der Waals surface area contributed by atoms with Crippen molar-refractivity contribution in [3.8, 4) is 5.75 Å². The highest BCUT2D eigenvalue weighted by atomic mass is 16.5. The maximum absolute atomic E-state index is 12.5. The van der Waals surface area contributed by atoms with E-state index in [0.717, 1.165) is 22.1 Å². The Balaban J connectivity index is 1.44. The minimum atomic E-state index is -0.123. The van der Waals surface area contributed by atoms with Crippen molar-refractivity contribution in [2.75, 3.05) is 26.8 Å². The van der Waals surface area contributed by atoms with Crippen LogP contribution in [0.1, 0.15) is 18.1 Å². The molecule has 0 saturated carbocycles. The minimum Gasteiger partial charge on any atom is -0.497 e. The number of aryl methyl sites for hydroxylation is 1. The van der Waals surface area contributed by atoms with Crippen molar-refractivity contribution in [3.63, 3.8) is 0 Å². The number of carbonyl (C=O) groups excluding carboxylic acids is 1. The lowest BCUT2D eigenvalue weighted by Gasteiger charge is -2.33. The number of nitrogens with zero attached hydrogens (tertiary/aromatic N) is 5. The normalized spacial score (nSPS) is 17.2. The lowest BCUT2D eigenvalue weighted by molar-refractivity contribution is -0.139. The Bertz CT molecular complexity index is 928. The first-order chi connectivity index (χ1) is 13.2. The quantitative estimate of drug-likeness (QED) is 0.684. The Labute approximate surface area is 156 Å². The highest BCUT2D eigenvalue weighted by molar-refractivity contribution is 5.84. The second kappa shape index (κ2) is 7.71. The van der Waals surface area contributed by atoms with Crippen LogP contribution in [0.4, 0.5) is 0 Å². The molecular formula is C19H21N5O3. The molecule has 4 rings (SSSR count). The van der Waals surface area contributed by atoms with Crippen LogP contribution in [0.3, 0.4) is 0 Å². The molecule has 1 unspecified atom stereocenters. The molecule has 1 fully saturated rings. The van der Waals surface area contributed by atoms with Gasteiger partial charge in [0.05, 0.1) is 26.8 Å². The molecule has 0 bridgehead atoms. The van der Waals surface area contributed by atoms with Crippen molar-refractivity contribution >= 4 is 16.7 Å². The van der Waals surface area contributed by atoms with Crippen LogP contribution in [-0.4, -0.2) is 57.8 Å². The molecule has 0 N–H and O–H groups in total. The van der Waals surface area contributed by atoms with E-state index in [2.05, 4.69) is 33.7 Å². The molecule has 0 aliphatic carbocycles. The molecule has 1 atom stereocenters. The molecule has 0 radical (unpaired) electrons. The number of hydrogen-bond acceptors (Lipinski definition) is 6. The van der Waals surface area contributed by atoms with Crippen LogP contribution >= 0.6 is 0 Å². The van der Waals surface area contributed by atoms with Gasteiger partial charge in [-0.05, 0) is 45.0 Å². The van der Waals surface area contributed by atoms with Crippen molar-refractivity contribution in [2.45, 2.75) is 19.1 Å². The number of aromatic nitrogens is 4. The average Bonchev–Trinajstić information content (AvgIpc) is 3.25. The highest BCUT2D eigenvalue weighted by Crippen LogP contribution is 2.28. The fraction of sp³-hybridized carbons (Fsp3) is 0.368. The Morgan fingerprint density at radius 3 is 2.93 bits per heavy atom. The number of benzene rings is 2. The van der Waals surface area contributed by atoms with Gasteiger partial charge in [-0.2, -0.15) is 0 Å². The molecule has 1 aliphatic rings. The lowest BCUT2D eigenvalue weighted by Crippen LogP contribution is -2.42. The SMILES string of the molecule is COc1ccc2cc(C3CN(C(=O)CCn4cnnn4)CCO3)ccc2c1. The standard InChI is InChI=1S/C19H21N5O3/c1-26-17-5-4-14-10-16(3-2-15(14)11-17)18-12-23(8-9-27-18)19(25)6-7-24-13-20-21-22-24/h2-5,10-11,13,18H,6-9,12H2,1H3. The fourth-order valence-corrected chi connectivity index (χ4v) is 3.30. The molecule has 140 valence electrons. The summed E-state index contributed by atoms with van der Waals surface area (Å²) in [6.45, 7) is 2.17. The summed E-state index contributed by atoms with van der Waals surface area (Å²) in [6, 6.07) is 12.2. The molecule has 8 nitrogen and oxygen atoms in total. The van der Waals surface area contributed by atoms with E-state index in [0.29, 0.717) is 32.7 Å². The number of rotatable bonds is 5. The third-order valence-corrected chi connectivity index (χ3v) is 4.81. The van der Waals surface area contributed by atoms with E-state index in [9.17, 15) is 4.79 Å². The van der Waals surface area contributed by atoms with Crippen LogP contribution in [0, 0.1) is 0 Å². The average molecular weight is 367 g/mol. The number of hydrogen-bond donors (Lipinski definition) is 0. The van der Waals surface area contributed by atoms with Crippen LogP contribution in [0.5, 0.6) is 5.75 Å². The Morgan fingerprint density at radius 2 is 2.11 bits per heavy atom. The summed E-state index contributed by atoms with van der Waals surface area (Å²) in [4.78, 5) is 14.4. The zero-order valence-corrected chi connectivity index (χ0v) is 15.1. The van der Waals surface area contributed by atoms with Crippen molar-refractivity contribution in [3.05, 3.63) is 48.3 Å². The summed E-state index contributed by atoms with van der Waals surface area (Å²) < 4.78 is 12.8. The summed E-state index contributed by atoms with van der Waals surface area (Å²) in [5.41, 5.74) is 1.07. The number of methoxy groups -OCH3 is 1. The van der Waals surface area contributed by atoms with E-state index in [-0.39, 0.29) is 12.0 Å². The van der Waals surface area contributed by atoms with Gasteiger partial charge in [0.25, 0.3) is 0 Å². The number of amides is 1. The Kier molecular flexibility index (Phi) is 4.97. The number of morpholine rings is 1. The van der Waals surface area contributed by atoms with Gasteiger partial charge in [0.1, 0.15) is 18.2 Å². The molecule has 3 aromatic rings. The smallest absolute Gasteiger partial charge is 0.224 e. The van der Waals surface area contributed by atoms with Crippen molar-refractivity contribution < 1.29 is 14.3 Å². The predicted octanol–water partition coefficient (Wildman–Crippen LogP) is 1.83. The second-order valence-corrected chi connectivity index (χ2v) is 6.49. The molecule has 1 aromatic heterocycles. The molecule has 2 aromatic carbocycles. The summed E-state index contributed by atoms with van der Waals surface area (Å²) in [5, 5.41) is 13.2. The summed E-state index contributed by atoms with van der Waals surface area (Å²) in [6.07, 6.45) is 1.76. The molecule has 27 heavy (non-hydrogen) atoms. The van der Waals surface area contributed by atoms with Crippen LogP contribution in [0.2, 0.25) is 0 Å². The van der Waals surface area contributed by atoms with E-state index < -0.39 is 0 Å². The van der Waals surface area contributed by atoms with Crippen molar-refractivity contribution in [2.24, 2.45) is 0 Å². The Hall–Kier alpha value is -3.00. The van der Waals surface area contributed by atoms with Gasteiger partial charge < -0.3 is 14.4 Å². The maximum Gasteiger partial charge on any atom is 0.224 e. The van der Waals surface area contributed by atoms with Gasteiger partial charge in [0.15, 0.2) is 0 Å². The number of fused-ring (bicyclic) bond motifs is 1. The first-order valence-corrected chi connectivity index (χ1v) is 8.91. The van der Waals surface area contributed by atoms with Crippen LogP contribution in [-0.2, 0) is 16.1 Å². The topological polar surface area (TPSA) is 82.4 Å². The van der Waals surface area contributed by atoms with Crippen molar-refractivity contribution in [1.29, 1.82) is 0 Å². The van der Waals surface area contributed by atoms with E-state index in [1.807, 2.05) is 23.1 Å². The molecule has 0 spiro atoms. The molecule has 1 aliphatic heterocycles. The lowest BCUT2D eigenvalue weighted by atomic mass is 10.0. The first-order valence-electron chi connectivity index (χ1n) is 8.91. The van der Waals surface area contributed by atoms with E-state index in [1.54, 1.807) is 11.8 Å². The number of carbonyl (C=O) groups is 1. The molecule has 1 saturated heterocycles. The second-order valence-electron chi connectivity index (χ2n) is 6.49. The van der Waals surface area contributed by atoms with Gasteiger partial charge in [-0.1, -0.05) is 18.2 Å². The van der Waals surface area contributed by atoms with Crippen LogP contribution in [0.25, 0.3) is 10.8 Å². The zero-order valence-electron chi connectivity index (χ0n) is 15.1. The first kappa shape index (κ1) is 17.4.